The van der Waals surface area contributed by atoms with Gasteiger partial charge in [-0.25, -0.2) is 8.78 Å². The first-order chi connectivity index (χ1) is 10.9. The molecule has 2 aromatic rings. The molecule has 0 heterocycles. The van der Waals surface area contributed by atoms with Gasteiger partial charge in [0.1, 0.15) is 11.6 Å². The van der Waals surface area contributed by atoms with Crippen molar-refractivity contribution in [3.63, 3.8) is 0 Å². The van der Waals surface area contributed by atoms with Crippen LogP contribution in [0.1, 0.15) is 12.5 Å². The third kappa shape index (κ3) is 5.18. The Morgan fingerprint density at radius 2 is 1.52 bits per heavy atom. The zero-order valence-corrected chi connectivity index (χ0v) is 12.4. The molecule has 0 aliphatic rings. The number of esters is 1. The summed E-state index contributed by atoms with van der Waals surface area (Å²) in [7, 11) is 0. The molecule has 0 spiro atoms. The first-order valence-electron chi connectivity index (χ1n) is 6.94. The molecule has 1 atom stereocenters. The van der Waals surface area contributed by atoms with E-state index in [1.807, 2.05) is 0 Å². The number of anilines is 1. The van der Waals surface area contributed by atoms with Gasteiger partial charge in [-0.05, 0) is 48.9 Å². The van der Waals surface area contributed by atoms with Gasteiger partial charge in [0, 0.05) is 5.69 Å². The molecule has 1 N–H and O–H groups in total. The number of ether oxygens (including phenoxy) is 1. The Labute approximate surface area is 132 Å². The summed E-state index contributed by atoms with van der Waals surface area (Å²) in [5.41, 5.74) is 0.986. The van der Waals surface area contributed by atoms with E-state index in [4.69, 9.17) is 4.74 Å². The van der Waals surface area contributed by atoms with Crippen molar-refractivity contribution < 1.29 is 23.1 Å². The van der Waals surface area contributed by atoms with E-state index in [2.05, 4.69) is 5.32 Å². The van der Waals surface area contributed by atoms with Crippen LogP contribution in [-0.4, -0.2) is 18.0 Å². The lowest BCUT2D eigenvalue weighted by Gasteiger charge is -2.13. The molecule has 0 aliphatic carbocycles. The number of benzene rings is 2. The summed E-state index contributed by atoms with van der Waals surface area (Å²) < 4.78 is 30.6. The van der Waals surface area contributed by atoms with E-state index >= 15 is 0 Å². The number of hydrogen-bond acceptors (Lipinski definition) is 3. The number of amides is 1. The Bertz CT molecular complexity index is 684. The summed E-state index contributed by atoms with van der Waals surface area (Å²) in [6.45, 7) is 1.43. The minimum absolute atomic E-state index is 0.0611. The molecule has 120 valence electrons. The van der Waals surface area contributed by atoms with Gasteiger partial charge in [0.05, 0.1) is 6.42 Å². The Hall–Kier alpha value is -2.76. The molecule has 0 bridgehead atoms. The van der Waals surface area contributed by atoms with Gasteiger partial charge in [0.2, 0.25) is 0 Å². The summed E-state index contributed by atoms with van der Waals surface area (Å²) in [4.78, 5) is 23.7. The fourth-order valence-corrected chi connectivity index (χ4v) is 1.84. The molecule has 0 saturated heterocycles. The van der Waals surface area contributed by atoms with Gasteiger partial charge >= 0.3 is 5.97 Å². The summed E-state index contributed by atoms with van der Waals surface area (Å²) in [5, 5.41) is 2.51. The van der Waals surface area contributed by atoms with Gasteiger partial charge in [-0.1, -0.05) is 12.1 Å². The highest BCUT2D eigenvalue weighted by atomic mass is 19.1. The number of hydrogen-bond donors (Lipinski definition) is 1. The SMILES string of the molecule is C[C@H](OC(=O)Cc1ccc(F)cc1)C(=O)Nc1ccc(F)cc1. The molecule has 4 nitrogen and oxygen atoms in total. The molecule has 0 unspecified atom stereocenters. The van der Waals surface area contributed by atoms with Crippen LogP contribution in [0.4, 0.5) is 14.5 Å². The lowest BCUT2D eigenvalue weighted by molar-refractivity contribution is -0.152. The molecule has 0 aliphatic heterocycles. The maximum Gasteiger partial charge on any atom is 0.311 e. The fraction of sp³-hybridized carbons (Fsp3) is 0.176. The predicted octanol–water partition coefficient (Wildman–Crippen LogP) is 3.08. The summed E-state index contributed by atoms with van der Waals surface area (Å²) >= 11 is 0. The summed E-state index contributed by atoms with van der Waals surface area (Å²) in [6.07, 6.45) is -1.07. The molecule has 2 rings (SSSR count). The lowest BCUT2D eigenvalue weighted by Crippen LogP contribution is -2.30. The van der Waals surface area contributed by atoms with E-state index in [0.29, 0.717) is 11.3 Å². The topological polar surface area (TPSA) is 55.4 Å². The van der Waals surface area contributed by atoms with Crippen LogP contribution >= 0.6 is 0 Å². The van der Waals surface area contributed by atoms with Crippen LogP contribution in [0.5, 0.6) is 0 Å². The number of nitrogens with one attached hydrogen (secondary N) is 1. The van der Waals surface area contributed by atoms with Crippen molar-refractivity contribution in [3.05, 3.63) is 65.7 Å². The number of carbonyl (C=O) groups excluding carboxylic acids is 2. The van der Waals surface area contributed by atoms with Crippen LogP contribution in [0, 0.1) is 11.6 Å². The molecule has 0 aromatic heterocycles. The standard InChI is InChI=1S/C17H15F2NO3/c1-11(17(22)20-15-8-6-14(19)7-9-15)23-16(21)10-12-2-4-13(18)5-3-12/h2-9,11H,10H2,1H3,(H,20,22)/t11-/m0/s1. The van der Waals surface area contributed by atoms with Gasteiger partial charge in [-0.3, -0.25) is 9.59 Å². The zero-order chi connectivity index (χ0) is 16.8. The van der Waals surface area contributed by atoms with Crippen LogP contribution in [0.3, 0.4) is 0 Å². The largest absolute Gasteiger partial charge is 0.452 e. The van der Waals surface area contributed by atoms with Gasteiger partial charge in [-0.2, -0.15) is 0 Å². The van der Waals surface area contributed by atoms with Gasteiger partial charge in [0.15, 0.2) is 6.10 Å². The number of rotatable bonds is 5. The van der Waals surface area contributed by atoms with Crippen LogP contribution in [0.2, 0.25) is 0 Å². The zero-order valence-electron chi connectivity index (χ0n) is 12.4. The van der Waals surface area contributed by atoms with Crippen molar-refractivity contribution >= 4 is 17.6 Å². The quantitative estimate of drug-likeness (QED) is 0.862. The van der Waals surface area contributed by atoms with Crippen LogP contribution in [0.25, 0.3) is 0 Å². The van der Waals surface area contributed by atoms with Crippen molar-refractivity contribution in [3.8, 4) is 0 Å². The Morgan fingerprint density at radius 1 is 1.00 bits per heavy atom. The molecule has 1 amide bonds. The van der Waals surface area contributed by atoms with Crippen molar-refractivity contribution in [1.29, 1.82) is 0 Å². The molecule has 23 heavy (non-hydrogen) atoms. The third-order valence-electron chi connectivity index (χ3n) is 3.05. The van der Waals surface area contributed by atoms with Crippen LogP contribution in [0.15, 0.2) is 48.5 Å². The lowest BCUT2D eigenvalue weighted by atomic mass is 10.1. The first-order valence-corrected chi connectivity index (χ1v) is 6.94. The first kappa shape index (κ1) is 16.6. The summed E-state index contributed by atoms with van der Waals surface area (Å²) in [5.74, 6) is -1.93. The Balaban J connectivity index is 1.86. The van der Waals surface area contributed by atoms with Crippen LogP contribution < -0.4 is 5.32 Å². The van der Waals surface area contributed by atoms with E-state index in [9.17, 15) is 18.4 Å². The minimum atomic E-state index is -1.01. The molecule has 6 heteroatoms. The molecular formula is C17H15F2NO3. The summed E-state index contributed by atoms with van der Waals surface area (Å²) in [6, 6.07) is 10.7. The molecule has 0 radical (unpaired) electrons. The average molecular weight is 319 g/mol. The maximum absolute atomic E-state index is 12.8. The molecule has 0 saturated carbocycles. The van der Waals surface area contributed by atoms with Crippen molar-refractivity contribution in [2.45, 2.75) is 19.4 Å². The smallest absolute Gasteiger partial charge is 0.311 e. The van der Waals surface area contributed by atoms with Gasteiger partial charge in [0.25, 0.3) is 5.91 Å². The highest BCUT2D eigenvalue weighted by molar-refractivity contribution is 5.95. The van der Waals surface area contributed by atoms with E-state index in [0.717, 1.165) is 0 Å². The van der Waals surface area contributed by atoms with Gasteiger partial charge < -0.3 is 10.1 Å². The number of carbonyl (C=O) groups is 2. The second-order valence-corrected chi connectivity index (χ2v) is 4.93. The second kappa shape index (κ2) is 7.49. The number of halogens is 2. The minimum Gasteiger partial charge on any atom is -0.452 e. The molecular weight excluding hydrogens is 304 g/mol. The Kier molecular flexibility index (Phi) is 5.41. The predicted molar refractivity (Wildman–Crippen MR) is 80.7 cm³/mol. The van der Waals surface area contributed by atoms with Crippen molar-refractivity contribution in [2.75, 3.05) is 5.32 Å². The average Bonchev–Trinajstić information content (AvgIpc) is 2.51. The third-order valence-corrected chi connectivity index (χ3v) is 3.05. The molecule has 2 aromatic carbocycles. The van der Waals surface area contributed by atoms with Gasteiger partial charge in [-0.15, -0.1) is 0 Å². The van der Waals surface area contributed by atoms with E-state index in [1.165, 1.54) is 55.5 Å². The molecule has 0 fully saturated rings. The monoisotopic (exact) mass is 319 g/mol. The normalized spacial score (nSPS) is 11.6. The maximum atomic E-state index is 12.8. The highest BCUT2D eigenvalue weighted by Gasteiger charge is 2.18. The fourth-order valence-electron chi connectivity index (χ4n) is 1.84. The van der Waals surface area contributed by atoms with Crippen LogP contribution in [-0.2, 0) is 20.7 Å². The highest BCUT2D eigenvalue weighted by Crippen LogP contribution is 2.10. The second-order valence-electron chi connectivity index (χ2n) is 4.93. The van der Waals surface area contributed by atoms with E-state index in [1.54, 1.807) is 0 Å². The van der Waals surface area contributed by atoms with Crippen molar-refractivity contribution in [2.24, 2.45) is 0 Å². The van der Waals surface area contributed by atoms with E-state index < -0.39 is 29.6 Å². The van der Waals surface area contributed by atoms with Crippen molar-refractivity contribution in [1.82, 2.24) is 0 Å². The van der Waals surface area contributed by atoms with E-state index in [-0.39, 0.29) is 6.42 Å². The Morgan fingerprint density at radius 3 is 2.09 bits per heavy atom.